The molecular weight excluding hydrogens is 326 g/mol. The van der Waals surface area contributed by atoms with Crippen LogP contribution < -0.4 is 10.6 Å². The third-order valence-corrected chi connectivity index (χ3v) is 3.97. The Hall–Kier alpha value is -1.14. The second kappa shape index (κ2) is 5.88. The van der Waals surface area contributed by atoms with Gasteiger partial charge in [0.15, 0.2) is 5.13 Å². The smallest absolute Gasteiger partial charge is 0.242 e. The highest BCUT2D eigenvalue weighted by Crippen LogP contribution is 2.28. The van der Waals surface area contributed by atoms with Gasteiger partial charge in [0.25, 0.3) is 0 Å². The number of nitrogens with zero attached hydrogens (tertiary/aromatic N) is 1. The van der Waals surface area contributed by atoms with Gasteiger partial charge in [-0.25, -0.2) is 4.98 Å². The van der Waals surface area contributed by atoms with E-state index < -0.39 is 0 Å². The molecule has 0 spiro atoms. The van der Waals surface area contributed by atoms with Crippen molar-refractivity contribution < 1.29 is 4.79 Å². The van der Waals surface area contributed by atoms with Crippen molar-refractivity contribution in [1.29, 1.82) is 0 Å². The molecule has 0 aliphatic carbocycles. The van der Waals surface area contributed by atoms with Crippen molar-refractivity contribution >= 4 is 48.5 Å². The van der Waals surface area contributed by atoms with Crippen molar-refractivity contribution in [1.82, 2.24) is 10.3 Å². The molecule has 2 aromatic rings. The van der Waals surface area contributed by atoms with Crippen LogP contribution in [0.5, 0.6) is 0 Å². The lowest BCUT2D eigenvalue weighted by Crippen LogP contribution is -2.40. The van der Waals surface area contributed by atoms with E-state index in [0.29, 0.717) is 0 Å². The van der Waals surface area contributed by atoms with E-state index in [1.165, 1.54) is 0 Å². The third kappa shape index (κ3) is 3.67. The van der Waals surface area contributed by atoms with E-state index in [1.807, 2.05) is 39.0 Å². The number of fused-ring (bicyclic) bond motifs is 1. The summed E-state index contributed by atoms with van der Waals surface area (Å²) < 4.78 is 2.10. The minimum atomic E-state index is -0.300. The lowest BCUT2D eigenvalue weighted by atomic mass is 10.3. The van der Waals surface area contributed by atoms with Crippen molar-refractivity contribution in [3.05, 3.63) is 22.7 Å². The zero-order chi connectivity index (χ0) is 14.0. The summed E-state index contributed by atoms with van der Waals surface area (Å²) in [5.41, 5.74) is 0.929. The molecule has 1 aromatic heterocycles. The van der Waals surface area contributed by atoms with Gasteiger partial charge >= 0.3 is 0 Å². The summed E-state index contributed by atoms with van der Waals surface area (Å²) in [7, 11) is 0. The minimum absolute atomic E-state index is 0.0181. The van der Waals surface area contributed by atoms with Crippen LogP contribution in [0.25, 0.3) is 10.2 Å². The van der Waals surface area contributed by atoms with Crippen LogP contribution in [-0.2, 0) is 4.79 Å². The normalized spacial score (nSPS) is 12.7. The molecule has 0 bridgehead atoms. The van der Waals surface area contributed by atoms with Gasteiger partial charge in [-0.1, -0.05) is 27.3 Å². The maximum Gasteiger partial charge on any atom is 0.242 e. The number of halogens is 1. The number of rotatable bonds is 4. The fourth-order valence-electron chi connectivity index (χ4n) is 1.62. The third-order valence-electron chi connectivity index (χ3n) is 2.51. The predicted octanol–water partition coefficient (Wildman–Crippen LogP) is 3.38. The molecule has 1 aromatic carbocycles. The van der Waals surface area contributed by atoms with E-state index in [4.69, 9.17) is 0 Å². The fourth-order valence-corrected chi connectivity index (χ4v) is 2.90. The number of anilines is 1. The zero-order valence-electron chi connectivity index (χ0n) is 11.0. The Balaban J connectivity index is 2.10. The molecular formula is C13H16BrN3OS. The van der Waals surface area contributed by atoms with Crippen LogP contribution >= 0.6 is 27.3 Å². The minimum Gasteiger partial charge on any atom is -0.352 e. The Morgan fingerprint density at radius 2 is 2.11 bits per heavy atom. The molecule has 1 heterocycles. The second-order valence-corrected chi connectivity index (χ2v) is 6.61. The molecule has 2 N–H and O–H groups in total. The molecule has 0 radical (unpaired) electrons. The quantitative estimate of drug-likeness (QED) is 0.896. The van der Waals surface area contributed by atoms with Crippen LogP contribution in [0.1, 0.15) is 20.8 Å². The number of hydrogen-bond acceptors (Lipinski definition) is 4. The molecule has 4 nitrogen and oxygen atoms in total. The molecule has 6 heteroatoms. The molecule has 1 unspecified atom stereocenters. The highest BCUT2D eigenvalue weighted by molar-refractivity contribution is 9.10. The van der Waals surface area contributed by atoms with Crippen LogP contribution in [0.15, 0.2) is 22.7 Å². The topological polar surface area (TPSA) is 54.0 Å². The van der Waals surface area contributed by atoms with Gasteiger partial charge in [-0.3, -0.25) is 4.79 Å². The Morgan fingerprint density at radius 1 is 1.37 bits per heavy atom. The number of carbonyl (C=O) groups excluding carboxylic acids is 1. The fraction of sp³-hybridized carbons (Fsp3) is 0.385. The first-order valence-corrected chi connectivity index (χ1v) is 7.69. The van der Waals surface area contributed by atoms with Crippen molar-refractivity contribution in [3.63, 3.8) is 0 Å². The van der Waals surface area contributed by atoms with Gasteiger partial charge in [0.2, 0.25) is 5.91 Å². The van der Waals surface area contributed by atoms with Gasteiger partial charge in [-0.2, -0.15) is 0 Å². The molecule has 1 atom stereocenters. The van der Waals surface area contributed by atoms with Crippen molar-refractivity contribution in [2.75, 3.05) is 5.32 Å². The number of thiazole rings is 1. The van der Waals surface area contributed by atoms with E-state index in [2.05, 4.69) is 31.5 Å². The summed E-state index contributed by atoms with van der Waals surface area (Å²) in [5.74, 6) is -0.0181. The first-order chi connectivity index (χ1) is 8.95. The summed E-state index contributed by atoms with van der Waals surface area (Å²) in [4.78, 5) is 16.3. The van der Waals surface area contributed by atoms with Crippen LogP contribution in [0.2, 0.25) is 0 Å². The van der Waals surface area contributed by atoms with Gasteiger partial charge in [0, 0.05) is 10.5 Å². The monoisotopic (exact) mass is 341 g/mol. The van der Waals surface area contributed by atoms with E-state index >= 15 is 0 Å². The summed E-state index contributed by atoms with van der Waals surface area (Å²) in [6.45, 7) is 5.72. The number of benzene rings is 1. The van der Waals surface area contributed by atoms with E-state index in [0.717, 1.165) is 19.8 Å². The number of nitrogens with one attached hydrogen (secondary N) is 2. The average molecular weight is 342 g/mol. The number of carbonyl (C=O) groups is 1. The SMILES string of the molecule is CC(C)NC(=O)C(C)Nc1nc2cc(Br)ccc2s1. The van der Waals surface area contributed by atoms with Gasteiger partial charge in [-0.15, -0.1) is 0 Å². The average Bonchev–Trinajstić information content (AvgIpc) is 2.69. The molecule has 1 amide bonds. The first-order valence-electron chi connectivity index (χ1n) is 6.08. The Morgan fingerprint density at radius 3 is 2.79 bits per heavy atom. The Labute approximate surface area is 124 Å². The van der Waals surface area contributed by atoms with Crippen LogP contribution in [0, 0.1) is 0 Å². The lowest BCUT2D eigenvalue weighted by molar-refractivity contribution is -0.122. The number of amides is 1. The highest BCUT2D eigenvalue weighted by Gasteiger charge is 2.15. The standard InChI is InChI=1S/C13H16BrN3OS/c1-7(2)15-12(18)8(3)16-13-17-10-6-9(14)4-5-11(10)19-13/h4-8H,1-3H3,(H,15,18)(H,16,17). The number of hydrogen-bond donors (Lipinski definition) is 2. The summed E-state index contributed by atoms with van der Waals surface area (Å²) in [6, 6.07) is 5.81. The van der Waals surface area contributed by atoms with Gasteiger partial charge in [0.05, 0.1) is 10.2 Å². The molecule has 2 rings (SSSR count). The van der Waals surface area contributed by atoms with E-state index in [-0.39, 0.29) is 18.0 Å². The molecule has 0 fully saturated rings. The van der Waals surface area contributed by atoms with Gasteiger partial charge in [0.1, 0.15) is 6.04 Å². The number of aromatic nitrogens is 1. The van der Waals surface area contributed by atoms with Crippen molar-refractivity contribution in [2.24, 2.45) is 0 Å². The van der Waals surface area contributed by atoms with Gasteiger partial charge < -0.3 is 10.6 Å². The maximum atomic E-state index is 11.8. The summed E-state index contributed by atoms with van der Waals surface area (Å²) >= 11 is 4.97. The molecule has 0 saturated heterocycles. The first kappa shape index (κ1) is 14.3. The predicted molar refractivity (Wildman–Crippen MR) is 83.7 cm³/mol. The molecule has 0 aliphatic rings. The van der Waals surface area contributed by atoms with E-state index in [1.54, 1.807) is 11.3 Å². The second-order valence-electron chi connectivity index (χ2n) is 4.66. The van der Waals surface area contributed by atoms with Crippen molar-refractivity contribution in [2.45, 2.75) is 32.9 Å². The Bertz CT molecular complexity index is 597. The van der Waals surface area contributed by atoms with Crippen molar-refractivity contribution in [3.8, 4) is 0 Å². The van der Waals surface area contributed by atoms with Crippen LogP contribution in [0.3, 0.4) is 0 Å². The molecule has 0 aliphatic heterocycles. The lowest BCUT2D eigenvalue weighted by Gasteiger charge is -2.15. The van der Waals surface area contributed by atoms with Crippen LogP contribution in [0.4, 0.5) is 5.13 Å². The summed E-state index contributed by atoms with van der Waals surface area (Å²) in [5, 5.41) is 6.77. The van der Waals surface area contributed by atoms with Gasteiger partial charge in [-0.05, 0) is 39.0 Å². The van der Waals surface area contributed by atoms with E-state index in [9.17, 15) is 4.79 Å². The maximum absolute atomic E-state index is 11.8. The zero-order valence-corrected chi connectivity index (χ0v) is 13.4. The van der Waals surface area contributed by atoms with Crippen LogP contribution in [-0.4, -0.2) is 23.0 Å². The Kier molecular flexibility index (Phi) is 4.42. The molecule has 19 heavy (non-hydrogen) atoms. The summed E-state index contributed by atoms with van der Waals surface area (Å²) in [6.07, 6.45) is 0. The molecule has 0 saturated carbocycles. The molecule has 102 valence electrons. The highest BCUT2D eigenvalue weighted by atomic mass is 79.9. The largest absolute Gasteiger partial charge is 0.352 e.